The number of imide groups is 1. The number of methoxy groups -OCH3 is 1. The smallest absolute Gasteiger partial charge is 0.251 e. The van der Waals surface area contributed by atoms with Gasteiger partial charge in [0.05, 0.1) is 25.3 Å². The van der Waals surface area contributed by atoms with Gasteiger partial charge in [0.2, 0.25) is 5.91 Å². The van der Waals surface area contributed by atoms with Crippen LogP contribution in [-0.2, 0) is 9.59 Å². The number of nitrogens with zero attached hydrogens (tertiary/aromatic N) is 3. The molecule has 6 heteroatoms. The molecule has 0 spiro atoms. The maximum absolute atomic E-state index is 13.2. The third-order valence-electron chi connectivity index (χ3n) is 8.89. The third-order valence-corrected chi connectivity index (χ3v) is 8.89. The Morgan fingerprint density at radius 1 is 0.871 bits per heavy atom. The van der Waals surface area contributed by atoms with E-state index in [0.717, 1.165) is 49.7 Å². The maximum Gasteiger partial charge on any atom is 0.251 e. The van der Waals surface area contributed by atoms with E-state index in [1.54, 1.807) is 31.4 Å². The molecule has 1 atom stereocenters. The van der Waals surface area contributed by atoms with Crippen molar-refractivity contribution in [1.82, 2.24) is 9.80 Å². The molecule has 1 aromatic carbocycles. The summed E-state index contributed by atoms with van der Waals surface area (Å²) in [6.07, 6.45) is 8.89. The van der Waals surface area contributed by atoms with E-state index in [1.807, 2.05) is 0 Å². The van der Waals surface area contributed by atoms with Crippen molar-refractivity contribution in [3.63, 3.8) is 0 Å². The highest BCUT2D eigenvalue weighted by molar-refractivity contribution is 6.22. The van der Waals surface area contributed by atoms with Gasteiger partial charge in [-0.25, -0.2) is 4.90 Å². The van der Waals surface area contributed by atoms with Gasteiger partial charge in [-0.3, -0.25) is 19.4 Å². The number of amides is 2. The molecule has 166 valence electrons. The first kappa shape index (κ1) is 19.7. The summed E-state index contributed by atoms with van der Waals surface area (Å²) in [6, 6.07) is 6.87. The Morgan fingerprint density at radius 3 is 2.00 bits per heavy atom. The minimum atomic E-state index is -0.312. The van der Waals surface area contributed by atoms with Gasteiger partial charge < -0.3 is 4.74 Å². The Kier molecular flexibility index (Phi) is 4.65. The number of carbonyl (C=O) groups excluding carboxylic acids is 2. The molecule has 1 unspecified atom stereocenters. The number of carbonyl (C=O) groups is 2. The van der Waals surface area contributed by atoms with Gasteiger partial charge in [-0.05, 0) is 80.5 Å². The van der Waals surface area contributed by atoms with Crippen LogP contribution in [0.25, 0.3) is 0 Å². The first-order chi connectivity index (χ1) is 15.0. The van der Waals surface area contributed by atoms with Gasteiger partial charge in [0.1, 0.15) is 5.75 Å². The lowest BCUT2D eigenvalue weighted by atomic mass is 9.52. The van der Waals surface area contributed by atoms with E-state index in [-0.39, 0.29) is 17.9 Å². The van der Waals surface area contributed by atoms with Gasteiger partial charge in [-0.2, -0.15) is 0 Å². The van der Waals surface area contributed by atoms with Crippen molar-refractivity contribution in [2.45, 2.75) is 56.5 Å². The summed E-state index contributed by atoms with van der Waals surface area (Å²) in [5.41, 5.74) is 1.08. The summed E-state index contributed by atoms with van der Waals surface area (Å²) >= 11 is 0. The zero-order chi connectivity index (χ0) is 21.2. The highest BCUT2D eigenvalue weighted by Crippen LogP contribution is 2.57. The fourth-order valence-electron chi connectivity index (χ4n) is 7.86. The van der Waals surface area contributed by atoms with Gasteiger partial charge >= 0.3 is 0 Å². The molecule has 0 radical (unpaired) electrons. The van der Waals surface area contributed by atoms with Crippen LogP contribution in [-0.4, -0.2) is 66.5 Å². The van der Waals surface area contributed by atoms with Gasteiger partial charge in [-0.15, -0.1) is 0 Å². The van der Waals surface area contributed by atoms with E-state index in [4.69, 9.17) is 4.74 Å². The summed E-state index contributed by atoms with van der Waals surface area (Å²) in [5.74, 6) is 3.42. The SMILES string of the molecule is COc1ccc(N2C(=O)CC(N3CCN(C45CC6CC(CC(C6)C4)C5)CC3)C2=O)cc1. The Labute approximate surface area is 184 Å². The Hall–Kier alpha value is -1.92. The van der Waals surface area contributed by atoms with Gasteiger partial charge in [-0.1, -0.05) is 0 Å². The van der Waals surface area contributed by atoms with Crippen molar-refractivity contribution < 1.29 is 14.3 Å². The molecule has 2 heterocycles. The monoisotopic (exact) mass is 423 g/mol. The number of hydrogen-bond acceptors (Lipinski definition) is 5. The number of piperazine rings is 1. The molecule has 4 saturated carbocycles. The number of benzene rings is 1. The van der Waals surface area contributed by atoms with E-state index in [2.05, 4.69) is 9.80 Å². The maximum atomic E-state index is 13.2. The van der Waals surface area contributed by atoms with Crippen LogP contribution in [0, 0.1) is 17.8 Å². The first-order valence-corrected chi connectivity index (χ1v) is 12.0. The van der Waals surface area contributed by atoms with Crippen molar-refractivity contribution in [2.75, 3.05) is 38.2 Å². The molecule has 2 saturated heterocycles. The van der Waals surface area contributed by atoms with Crippen molar-refractivity contribution >= 4 is 17.5 Å². The van der Waals surface area contributed by atoms with E-state index in [1.165, 1.54) is 43.4 Å². The molecule has 2 aliphatic heterocycles. The van der Waals surface area contributed by atoms with Crippen molar-refractivity contribution in [3.05, 3.63) is 24.3 Å². The van der Waals surface area contributed by atoms with E-state index >= 15 is 0 Å². The molecule has 4 bridgehead atoms. The van der Waals surface area contributed by atoms with Crippen molar-refractivity contribution in [3.8, 4) is 5.75 Å². The Balaban J connectivity index is 1.12. The summed E-state index contributed by atoms with van der Waals surface area (Å²) in [5, 5.41) is 0. The number of ether oxygens (including phenoxy) is 1. The van der Waals surface area contributed by atoms with Crippen LogP contribution in [0.4, 0.5) is 5.69 Å². The largest absolute Gasteiger partial charge is 0.497 e. The molecule has 6 aliphatic rings. The molecule has 0 aromatic heterocycles. The van der Waals surface area contributed by atoms with Gasteiger partial charge in [0, 0.05) is 31.7 Å². The van der Waals surface area contributed by atoms with Crippen LogP contribution < -0.4 is 9.64 Å². The average molecular weight is 424 g/mol. The number of hydrogen-bond donors (Lipinski definition) is 0. The molecular formula is C25H33N3O3. The van der Waals surface area contributed by atoms with E-state index in [0.29, 0.717) is 17.6 Å². The number of rotatable bonds is 4. The van der Waals surface area contributed by atoms with Crippen LogP contribution >= 0.6 is 0 Å². The minimum Gasteiger partial charge on any atom is -0.497 e. The predicted molar refractivity (Wildman–Crippen MR) is 118 cm³/mol. The molecule has 7 rings (SSSR count). The lowest BCUT2D eigenvalue weighted by Gasteiger charge is -2.61. The minimum absolute atomic E-state index is 0.0709. The lowest BCUT2D eigenvalue weighted by molar-refractivity contribution is -0.125. The van der Waals surface area contributed by atoms with Gasteiger partial charge in [0.15, 0.2) is 0 Å². The second kappa shape index (κ2) is 7.31. The molecule has 2 amide bonds. The zero-order valence-electron chi connectivity index (χ0n) is 18.5. The topological polar surface area (TPSA) is 53.1 Å². The van der Waals surface area contributed by atoms with Crippen molar-refractivity contribution in [1.29, 1.82) is 0 Å². The van der Waals surface area contributed by atoms with Crippen LogP contribution in [0.2, 0.25) is 0 Å². The molecule has 4 aliphatic carbocycles. The highest BCUT2D eigenvalue weighted by Gasteiger charge is 2.54. The van der Waals surface area contributed by atoms with E-state index in [9.17, 15) is 9.59 Å². The first-order valence-electron chi connectivity index (χ1n) is 12.0. The lowest BCUT2D eigenvalue weighted by Crippen LogP contribution is -2.64. The Bertz CT molecular complexity index is 839. The molecular weight excluding hydrogens is 390 g/mol. The van der Waals surface area contributed by atoms with Crippen molar-refractivity contribution in [2.24, 2.45) is 17.8 Å². The summed E-state index contributed by atoms with van der Waals surface area (Å²) in [7, 11) is 1.61. The molecule has 6 nitrogen and oxygen atoms in total. The standard InChI is InChI=1S/C25H33N3O3/c1-31-21-4-2-20(3-5-21)28-23(29)13-22(24(28)30)26-6-8-27(9-7-26)25-14-17-10-18(15-25)12-19(11-17)16-25/h2-5,17-19,22H,6-16H2,1H3. The van der Waals surface area contributed by atoms with Crippen LogP contribution in [0.5, 0.6) is 5.75 Å². The van der Waals surface area contributed by atoms with Crippen LogP contribution in [0.3, 0.4) is 0 Å². The fourth-order valence-corrected chi connectivity index (χ4v) is 7.86. The summed E-state index contributed by atoms with van der Waals surface area (Å²) in [4.78, 5) is 32.3. The summed E-state index contributed by atoms with van der Waals surface area (Å²) < 4.78 is 5.20. The Morgan fingerprint density at radius 2 is 1.45 bits per heavy atom. The quantitative estimate of drug-likeness (QED) is 0.697. The zero-order valence-corrected chi connectivity index (χ0v) is 18.5. The average Bonchev–Trinajstić information content (AvgIpc) is 3.07. The molecule has 0 N–H and O–H groups in total. The fraction of sp³-hybridized carbons (Fsp3) is 0.680. The second-order valence-corrected chi connectivity index (χ2v) is 10.7. The van der Waals surface area contributed by atoms with Crippen LogP contribution in [0.15, 0.2) is 24.3 Å². The molecule has 6 fully saturated rings. The second-order valence-electron chi connectivity index (χ2n) is 10.7. The predicted octanol–water partition coefficient (Wildman–Crippen LogP) is 2.91. The number of anilines is 1. The van der Waals surface area contributed by atoms with E-state index < -0.39 is 0 Å². The highest BCUT2D eigenvalue weighted by atomic mass is 16.5. The molecule has 31 heavy (non-hydrogen) atoms. The summed E-state index contributed by atoms with van der Waals surface area (Å²) in [6.45, 7) is 3.85. The van der Waals surface area contributed by atoms with Crippen LogP contribution in [0.1, 0.15) is 44.9 Å². The third kappa shape index (κ3) is 3.21. The normalized spacial score (nSPS) is 38.3. The van der Waals surface area contributed by atoms with Gasteiger partial charge in [0.25, 0.3) is 5.91 Å². The molecule has 1 aromatic rings.